The smallest absolute Gasteiger partial charge is 0.0408 e. The molecule has 0 aliphatic heterocycles. The van der Waals surface area contributed by atoms with Gasteiger partial charge in [-0.2, -0.15) is 0 Å². The summed E-state index contributed by atoms with van der Waals surface area (Å²) in [7, 11) is 0. The van der Waals surface area contributed by atoms with Crippen LogP contribution in [-0.4, -0.2) is 6.04 Å². The predicted molar refractivity (Wildman–Crippen MR) is 74.4 cm³/mol. The van der Waals surface area contributed by atoms with E-state index >= 15 is 0 Å². The highest BCUT2D eigenvalue weighted by Gasteiger charge is 2.65. The Morgan fingerprint density at radius 1 is 1.22 bits per heavy atom. The summed E-state index contributed by atoms with van der Waals surface area (Å²) in [6, 6.07) is 8.53. The van der Waals surface area contributed by atoms with Crippen molar-refractivity contribution >= 4 is 11.6 Å². The van der Waals surface area contributed by atoms with Crippen LogP contribution in [0.25, 0.3) is 0 Å². The molecule has 0 spiro atoms. The Kier molecular flexibility index (Phi) is 2.50. The van der Waals surface area contributed by atoms with Crippen molar-refractivity contribution in [2.75, 3.05) is 0 Å². The first-order valence-electron chi connectivity index (χ1n) is 7.24. The molecule has 3 fully saturated rings. The maximum atomic E-state index is 6.46. The van der Waals surface area contributed by atoms with E-state index in [2.05, 4.69) is 12.1 Å². The van der Waals surface area contributed by atoms with Gasteiger partial charge in [0, 0.05) is 11.1 Å². The van der Waals surface area contributed by atoms with Crippen molar-refractivity contribution < 1.29 is 0 Å². The van der Waals surface area contributed by atoms with Gasteiger partial charge in [-0.3, -0.25) is 0 Å². The second-order valence-corrected chi connectivity index (χ2v) is 7.00. The summed E-state index contributed by atoms with van der Waals surface area (Å²) in [6.07, 6.45) is 5.46. The van der Waals surface area contributed by atoms with E-state index in [1.165, 1.54) is 24.8 Å². The normalized spacial score (nSPS) is 41.8. The monoisotopic (exact) mass is 261 g/mol. The third kappa shape index (κ3) is 1.64. The van der Waals surface area contributed by atoms with E-state index in [-0.39, 0.29) is 0 Å². The van der Waals surface area contributed by atoms with Gasteiger partial charge >= 0.3 is 0 Å². The SMILES string of the molecule is NC(Cc1cccc(Cl)c1)C1C2C3CCC(C3)C12. The summed E-state index contributed by atoms with van der Waals surface area (Å²) in [5.41, 5.74) is 7.76. The standard InChI is InChI=1S/C16H20ClN/c17-12-3-1-2-9(6-12)7-13(18)16-14-10-4-5-11(8-10)15(14)16/h1-3,6,10-11,13-16H,4-5,7-8,18H2. The van der Waals surface area contributed by atoms with Gasteiger partial charge in [-0.1, -0.05) is 23.7 Å². The Balaban J connectivity index is 1.45. The topological polar surface area (TPSA) is 26.0 Å². The van der Waals surface area contributed by atoms with Crippen LogP contribution in [0.1, 0.15) is 24.8 Å². The number of hydrogen-bond acceptors (Lipinski definition) is 1. The highest BCUT2D eigenvalue weighted by Crippen LogP contribution is 2.70. The molecule has 1 aromatic carbocycles. The molecule has 0 aromatic heterocycles. The van der Waals surface area contributed by atoms with Gasteiger partial charge < -0.3 is 5.73 Å². The largest absolute Gasteiger partial charge is 0.327 e. The predicted octanol–water partition coefficient (Wildman–Crippen LogP) is 3.50. The van der Waals surface area contributed by atoms with E-state index in [0.29, 0.717) is 6.04 Å². The average molecular weight is 262 g/mol. The quantitative estimate of drug-likeness (QED) is 0.886. The van der Waals surface area contributed by atoms with Crippen molar-refractivity contribution in [2.24, 2.45) is 35.3 Å². The molecular formula is C16H20ClN. The van der Waals surface area contributed by atoms with Crippen LogP contribution < -0.4 is 5.73 Å². The second-order valence-electron chi connectivity index (χ2n) is 6.56. The molecule has 2 N–H and O–H groups in total. The zero-order chi connectivity index (χ0) is 12.3. The van der Waals surface area contributed by atoms with Gasteiger partial charge in [0.25, 0.3) is 0 Å². The number of hydrogen-bond donors (Lipinski definition) is 1. The molecular weight excluding hydrogens is 242 g/mol. The third-order valence-electron chi connectivity index (χ3n) is 5.65. The highest BCUT2D eigenvalue weighted by atomic mass is 35.5. The van der Waals surface area contributed by atoms with Crippen LogP contribution in [0.5, 0.6) is 0 Å². The summed E-state index contributed by atoms with van der Waals surface area (Å²) < 4.78 is 0. The summed E-state index contributed by atoms with van der Waals surface area (Å²) in [4.78, 5) is 0. The maximum absolute atomic E-state index is 6.46. The first kappa shape index (κ1) is 11.3. The summed E-state index contributed by atoms with van der Waals surface area (Å²) >= 11 is 6.03. The van der Waals surface area contributed by atoms with Crippen LogP contribution in [0, 0.1) is 29.6 Å². The van der Waals surface area contributed by atoms with Gasteiger partial charge in [0.1, 0.15) is 0 Å². The first-order chi connectivity index (χ1) is 8.74. The Morgan fingerprint density at radius 2 is 1.94 bits per heavy atom. The van der Waals surface area contributed by atoms with Crippen molar-refractivity contribution in [1.29, 1.82) is 0 Å². The van der Waals surface area contributed by atoms with Crippen LogP contribution in [0.3, 0.4) is 0 Å². The van der Waals surface area contributed by atoms with E-state index in [1.54, 1.807) is 0 Å². The van der Waals surface area contributed by atoms with E-state index in [0.717, 1.165) is 41.0 Å². The summed E-state index contributed by atoms with van der Waals surface area (Å²) in [5, 5.41) is 0.829. The molecule has 3 saturated carbocycles. The molecule has 0 radical (unpaired) electrons. The van der Waals surface area contributed by atoms with Crippen LogP contribution in [0.2, 0.25) is 5.02 Å². The van der Waals surface area contributed by atoms with E-state index < -0.39 is 0 Å². The fourth-order valence-corrected chi connectivity index (χ4v) is 5.25. The fourth-order valence-electron chi connectivity index (χ4n) is 5.04. The van der Waals surface area contributed by atoms with Crippen molar-refractivity contribution in [2.45, 2.75) is 31.7 Å². The first-order valence-corrected chi connectivity index (χ1v) is 7.62. The summed E-state index contributed by atoms with van der Waals surface area (Å²) in [5.74, 6) is 4.83. The Morgan fingerprint density at radius 3 is 2.61 bits per heavy atom. The van der Waals surface area contributed by atoms with E-state index in [4.69, 9.17) is 17.3 Å². The Bertz CT molecular complexity index is 456. The molecule has 2 heteroatoms. The molecule has 2 bridgehead atoms. The van der Waals surface area contributed by atoms with Gasteiger partial charge in [-0.05, 0) is 73.0 Å². The molecule has 5 atom stereocenters. The lowest BCUT2D eigenvalue weighted by molar-refractivity contribution is 0.409. The molecule has 0 saturated heterocycles. The Hall–Kier alpha value is -0.530. The number of halogens is 1. The molecule has 0 heterocycles. The zero-order valence-corrected chi connectivity index (χ0v) is 11.3. The van der Waals surface area contributed by atoms with Crippen molar-refractivity contribution in [3.63, 3.8) is 0 Å². The number of benzene rings is 1. The third-order valence-corrected chi connectivity index (χ3v) is 5.88. The molecule has 5 unspecified atom stereocenters. The molecule has 3 aliphatic rings. The molecule has 96 valence electrons. The van der Waals surface area contributed by atoms with Gasteiger partial charge in [0.05, 0.1) is 0 Å². The minimum Gasteiger partial charge on any atom is -0.327 e. The number of fused-ring (bicyclic) bond motifs is 5. The fraction of sp³-hybridized carbons (Fsp3) is 0.625. The molecule has 3 aliphatic carbocycles. The van der Waals surface area contributed by atoms with E-state index in [1.807, 2.05) is 12.1 Å². The zero-order valence-electron chi connectivity index (χ0n) is 10.6. The molecule has 1 aromatic rings. The molecule has 18 heavy (non-hydrogen) atoms. The maximum Gasteiger partial charge on any atom is 0.0408 e. The number of nitrogens with two attached hydrogens (primary N) is 1. The van der Waals surface area contributed by atoms with Crippen molar-refractivity contribution in [1.82, 2.24) is 0 Å². The minimum absolute atomic E-state index is 0.349. The van der Waals surface area contributed by atoms with Crippen LogP contribution >= 0.6 is 11.6 Å². The van der Waals surface area contributed by atoms with Crippen molar-refractivity contribution in [3.8, 4) is 0 Å². The van der Waals surface area contributed by atoms with Gasteiger partial charge in [0.2, 0.25) is 0 Å². The number of rotatable bonds is 3. The lowest BCUT2D eigenvalue weighted by Gasteiger charge is -2.16. The molecule has 0 amide bonds. The molecule has 4 rings (SSSR count). The minimum atomic E-state index is 0.349. The van der Waals surface area contributed by atoms with E-state index in [9.17, 15) is 0 Å². The van der Waals surface area contributed by atoms with Gasteiger partial charge in [-0.25, -0.2) is 0 Å². The van der Waals surface area contributed by atoms with Crippen LogP contribution in [0.15, 0.2) is 24.3 Å². The average Bonchev–Trinajstić information content (AvgIpc) is 2.79. The van der Waals surface area contributed by atoms with Crippen LogP contribution in [0.4, 0.5) is 0 Å². The Labute approximate surface area is 114 Å². The molecule has 1 nitrogen and oxygen atoms in total. The van der Waals surface area contributed by atoms with Gasteiger partial charge in [-0.15, -0.1) is 0 Å². The second kappa shape index (κ2) is 3.98. The van der Waals surface area contributed by atoms with Gasteiger partial charge in [0.15, 0.2) is 0 Å². The summed E-state index contributed by atoms with van der Waals surface area (Å²) in [6.45, 7) is 0. The lowest BCUT2D eigenvalue weighted by atomic mass is 9.94. The van der Waals surface area contributed by atoms with Crippen molar-refractivity contribution in [3.05, 3.63) is 34.9 Å². The lowest BCUT2D eigenvalue weighted by Crippen LogP contribution is -2.28. The van der Waals surface area contributed by atoms with Crippen LogP contribution in [-0.2, 0) is 6.42 Å². The highest BCUT2D eigenvalue weighted by molar-refractivity contribution is 6.30.